The number of amides is 2. The molecule has 3 atom stereocenters. The molecule has 0 bridgehead atoms. The molecule has 3 rings (SSSR count). The lowest BCUT2D eigenvalue weighted by molar-refractivity contribution is -0.136. The van der Waals surface area contributed by atoms with Crippen LogP contribution in [-0.2, 0) is 14.4 Å². The summed E-state index contributed by atoms with van der Waals surface area (Å²) in [4.78, 5) is 48.6. The Bertz CT molecular complexity index is 958. The largest absolute Gasteiger partial charge is 0.346 e. The van der Waals surface area contributed by atoms with Crippen LogP contribution in [0.1, 0.15) is 84.9 Å². The summed E-state index contributed by atoms with van der Waals surface area (Å²) in [6.07, 6.45) is 3.22. The number of imidazole rings is 1. The highest BCUT2D eigenvalue weighted by molar-refractivity contribution is 5.93. The molecule has 1 aromatic heterocycles. The number of carbonyl (C=O) groups is 3. The first-order chi connectivity index (χ1) is 15.5. The second-order valence-corrected chi connectivity index (χ2v) is 10.7. The molecule has 7 heteroatoms. The van der Waals surface area contributed by atoms with E-state index in [1.807, 2.05) is 43.0 Å². The van der Waals surface area contributed by atoms with Gasteiger partial charge < -0.3 is 15.2 Å². The van der Waals surface area contributed by atoms with E-state index in [9.17, 15) is 14.4 Å². The average molecular weight is 455 g/mol. The van der Waals surface area contributed by atoms with Gasteiger partial charge in [0.05, 0.1) is 23.5 Å². The summed E-state index contributed by atoms with van der Waals surface area (Å²) < 4.78 is 0. The number of ketones is 1. The Morgan fingerprint density at radius 2 is 1.94 bits per heavy atom. The fourth-order valence-electron chi connectivity index (χ4n) is 4.34. The third-order valence-corrected chi connectivity index (χ3v) is 6.46. The number of nitrogens with zero attached hydrogens (tertiary/aromatic N) is 2. The molecule has 1 fully saturated rings. The van der Waals surface area contributed by atoms with E-state index in [2.05, 4.69) is 36.1 Å². The van der Waals surface area contributed by atoms with Gasteiger partial charge in [-0.25, -0.2) is 4.98 Å². The molecule has 1 aliphatic heterocycles. The van der Waals surface area contributed by atoms with Crippen LogP contribution in [0.15, 0.2) is 24.3 Å². The number of para-hydroxylation sites is 2. The van der Waals surface area contributed by atoms with E-state index < -0.39 is 6.04 Å². The zero-order valence-electron chi connectivity index (χ0n) is 20.6. The molecule has 0 aliphatic carbocycles. The van der Waals surface area contributed by atoms with Crippen LogP contribution in [0.5, 0.6) is 0 Å². The number of hydrogen-bond acceptors (Lipinski definition) is 4. The smallest absolute Gasteiger partial charge is 0.225 e. The lowest BCUT2D eigenvalue weighted by Gasteiger charge is -2.25. The van der Waals surface area contributed by atoms with Gasteiger partial charge in [-0.3, -0.25) is 14.4 Å². The number of carbonyl (C=O) groups excluding carboxylic acids is 3. The average Bonchev–Trinajstić information content (AvgIpc) is 3.37. The van der Waals surface area contributed by atoms with Crippen molar-refractivity contribution >= 4 is 28.6 Å². The van der Waals surface area contributed by atoms with E-state index >= 15 is 0 Å². The minimum atomic E-state index is -0.815. The number of aromatic nitrogens is 2. The third-order valence-electron chi connectivity index (χ3n) is 6.46. The standard InChI is InChI=1S/C26H38N4O3/c1-17(25-28-19-10-6-7-11-20(19)29-25)15-22(31)21(27-23(32)12-13-26(3,4)5)16-24(33)30-14-8-9-18(30)2/h6-7,10-11,17-18,21H,8-9,12-16H2,1-5H3,(H,27,32)(H,28,29)/t17-,18-,21-/m0/s1. The molecule has 2 aromatic rings. The number of likely N-dealkylation sites (tertiary alicyclic amines) is 1. The Morgan fingerprint density at radius 1 is 1.21 bits per heavy atom. The number of fused-ring (bicyclic) bond motifs is 1. The van der Waals surface area contributed by atoms with Crippen molar-refractivity contribution in [1.82, 2.24) is 20.2 Å². The van der Waals surface area contributed by atoms with Gasteiger partial charge in [0.1, 0.15) is 5.82 Å². The highest BCUT2D eigenvalue weighted by Crippen LogP contribution is 2.24. The predicted octanol–water partition coefficient (Wildman–Crippen LogP) is 4.34. The van der Waals surface area contributed by atoms with Crippen LogP contribution in [0.3, 0.4) is 0 Å². The molecule has 2 amide bonds. The number of hydrogen-bond donors (Lipinski definition) is 2. The maximum absolute atomic E-state index is 13.3. The van der Waals surface area contributed by atoms with E-state index in [4.69, 9.17) is 0 Å². The van der Waals surface area contributed by atoms with E-state index in [1.54, 1.807) is 0 Å². The van der Waals surface area contributed by atoms with Crippen LogP contribution in [-0.4, -0.2) is 51.1 Å². The van der Waals surface area contributed by atoms with Gasteiger partial charge in [0.25, 0.3) is 0 Å². The minimum Gasteiger partial charge on any atom is -0.346 e. The predicted molar refractivity (Wildman–Crippen MR) is 130 cm³/mol. The molecular weight excluding hydrogens is 416 g/mol. The van der Waals surface area contributed by atoms with Crippen LogP contribution >= 0.6 is 0 Å². The van der Waals surface area contributed by atoms with Gasteiger partial charge in [-0.15, -0.1) is 0 Å². The monoisotopic (exact) mass is 454 g/mol. The minimum absolute atomic E-state index is 0.0112. The number of nitrogens with one attached hydrogen (secondary N) is 2. The number of benzene rings is 1. The molecule has 180 valence electrons. The van der Waals surface area contributed by atoms with Gasteiger partial charge >= 0.3 is 0 Å². The summed E-state index contributed by atoms with van der Waals surface area (Å²) in [6.45, 7) is 10.9. The molecule has 0 unspecified atom stereocenters. The van der Waals surface area contributed by atoms with Crippen molar-refractivity contribution in [3.05, 3.63) is 30.1 Å². The van der Waals surface area contributed by atoms with Gasteiger partial charge in [0, 0.05) is 31.3 Å². The zero-order valence-corrected chi connectivity index (χ0v) is 20.6. The van der Waals surface area contributed by atoms with Crippen LogP contribution in [0.25, 0.3) is 11.0 Å². The van der Waals surface area contributed by atoms with Gasteiger partial charge in [0.15, 0.2) is 5.78 Å². The van der Waals surface area contributed by atoms with Crippen molar-refractivity contribution in [1.29, 1.82) is 0 Å². The first kappa shape index (κ1) is 24.9. The van der Waals surface area contributed by atoms with Gasteiger partial charge in [-0.05, 0) is 43.7 Å². The number of Topliss-reactive ketones (excluding diaryl/α,β-unsaturated/α-hetero) is 1. The number of H-pyrrole nitrogens is 1. The Labute approximate surface area is 196 Å². The Kier molecular flexibility index (Phi) is 7.92. The van der Waals surface area contributed by atoms with E-state index in [-0.39, 0.29) is 47.8 Å². The van der Waals surface area contributed by atoms with E-state index in [0.29, 0.717) is 19.4 Å². The van der Waals surface area contributed by atoms with Crippen molar-refractivity contribution in [2.24, 2.45) is 5.41 Å². The summed E-state index contributed by atoms with van der Waals surface area (Å²) in [5, 5.41) is 2.88. The quantitative estimate of drug-likeness (QED) is 0.589. The molecule has 0 spiro atoms. The zero-order chi connectivity index (χ0) is 24.2. The number of aromatic amines is 1. The molecular formula is C26H38N4O3. The van der Waals surface area contributed by atoms with Crippen LogP contribution in [0.2, 0.25) is 0 Å². The third kappa shape index (κ3) is 6.89. The topological polar surface area (TPSA) is 95.2 Å². The maximum atomic E-state index is 13.3. The lowest BCUT2D eigenvalue weighted by Crippen LogP contribution is -2.46. The van der Waals surface area contributed by atoms with Gasteiger partial charge in [-0.1, -0.05) is 39.8 Å². The molecule has 0 radical (unpaired) electrons. The fourth-order valence-corrected chi connectivity index (χ4v) is 4.34. The first-order valence-corrected chi connectivity index (χ1v) is 12.1. The lowest BCUT2D eigenvalue weighted by atomic mass is 9.90. The second kappa shape index (κ2) is 10.5. The Balaban J connectivity index is 1.69. The SMILES string of the molecule is C[C@@H](CC(=O)[C@H](CC(=O)N1CCC[C@@H]1C)NC(=O)CCC(C)(C)C)c1nc2ccccc2[nH]1. The van der Waals surface area contributed by atoms with Crippen LogP contribution in [0.4, 0.5) is 0 Å². The van der Waals surface area contributed by atoms with Crippen molar-refractivity contribution in [3.63, 3.8) is 0 Å². The van der Waals surface area contributed by atoms with Gasteiger partial charge in [-0.2, -0.15) is 0 Å². The highest BCUT2D eigenvalue weighted by Gasteiger charge is 2.31. The van der Waals surface area contributed by atoms with E-state index in [0.717, 1.165) is 29.7 Å². The molecule has 7 nitrogen and oxygen atoms in total. The highest BCUT2D eigenvalue weighted by atomic mass is 16.2. The summed E-state index contributed by atoms with van der Waals surface area (Å²) in [5.41, 5.74) is 1.81. The van der Waals surface area contributed by atoms with Crippen molar-refractivity contribution in [2.75, 3.05) is 6.54 Å². The second-order valence-electron chi connectivity index (χ2n) is 10.7. The molecule has 2 heterocycles. The Morgan fingerprint density at radius 3 is 2.58 bits per heavy atom. The van der Waals surface area contributed by atoms with E-state index in [1.165, 1.54) is 0 Å². The molecule has 1 aliphatic rings. The van der Waals surface area contributed by atoms with Crippen LogP contribution in [0, 0.1) is 5.41 Å². The fraction of sp³-hybridized carbons (Fsp3) is 0.615. The van der Waals surface area contributed by atoms with Crippen molar-refractivity contribution < 1.29 is 14.4 Å². The molecule has 2 N–H and O–H groups in total. The molecule has 1 aromatic carbocycles. The summed E-state index contributed by atoms with van der Waals surface area (Å²) in [5.74, 6) is 0.210. The molecule has 0 saturated carbocycles. The summed E-state index contributed by atoms with van der Waals surface area (Å²) >= 11 is 0. The molecule has 1 saturated heterocycles. The van der Waals surface area contributed by atoms with Gasteiger partial charge in [0.2, 0.25) is 11.8 Å². The first-order valence-electron chi connectivity index (χ1n) is 12.1. The summed E-state index contributed by atoms with van der Waals surface area (Å²) in [6, 6.07) is 7.11. The van der Waals surface area contributed by atoms with Crippen molar-refractivity contribution in [3.8, 4) is 0 Å². The summed E-state index contributed by atoms with van der Waals surface area (Å²) in [7, 11) is 0. The maximum Gasteiger partial charge on any atom is 0.225 e. The Hall–Kier alpha value is -2.70. The normalized spacial score (nSPS) is 18.3. The molecule has 33 heavy (non-hydrogen) atoms. The van der Waals surface area contributed by atoms with Crippen molar-refractivity contribution in [2.45, 2.75) is 91.1 Å². The number of rotatable bonds is 9. The van der Waals surface area contributed by atoms with Crippen LogP contribution < -0.4 is 5.32 Å².